The Hall–Kier alpha value is -1.30. The lowest BCUT2D eigenvalue weighted by molar-refractivity contribution is -0.148. The molecular weight excluding hydrogens is 168 g/mol. The average Bonchev–Trinajstić information content (AvgIpc) is 2.08. The molecule has 0 heterocycles. The predicted octanol–water partition coefficient (Wildman–Crippen LogP) is 1.08. The van der Waals surface area contributed by atoms with Crippen molar-refractivity contribution >= 4 is 11.8 Å². The molecule has 3 heteroatoms. The molecule has 0 amide bonds. The number of carbonyl (C=O) groups excluding carboxylic acids is 1. The van der Waals surface area contributed by atoms with E-state index in [0.29, 0.717) is 19.3 Å². The van der Waals surface area contributed by atoms with Gasteiger partial charge in [-0.2, -0.15) is 0 Å². The predicted molar refractivity (Wildman–Crippen MR) is 46.9 cm³/mol. The maximum absolute atomic E-state index is 11.3. The van der Waals surface area contributed by atoms with Gasteiger partial charge in [0.05, 0.1) is 5.92 Å². The number of carbonyl (C=O) groups is 2. The molecule has 3 nitrogen and oxygen atoms in total. The summed E-state index contributed by atoms with van der Waals surface area (Å²) in [5.74, 6) is 0.478. The van der Waals surface area contributed by atoms with E-state index in [-0.39, 0.29) is 12.2 Å². The van der Waals surface area contributed by atoms with Gasteiger partial charge in [-0.25, -0.2) is 0 Å². The second kappa shape index (κ2) is 4.08. The first-order chi connectivity index (χ1) is 6.16. The van der Waals surface area contributed by atoms with Crippen molar-refractivity contribution in [2.75, 3.05) is 0 Å². The van der Waals surface area contributed by atoms with Crippen LogP contribution in [-0.4, -0.2) is 16.9 Å². The molecule has 1 aliphatic carbocycles. The summed E-state index contributed by atoms with van der Waals surface area (Å²) in [4.78, 5) is 22.1. The van der Waals surface area contributed by atoms with E-state index in [1.165, 1.54) is 0 Å². The summed E-state index contributed by atoms with van der Waals surface area (Å²) in [5.41, 5.74) is 0. The molecule has 1 aliphatic rings. The van der Waals surface area contributed by atoms with Gasteiger partial charge in [-0.1, -0.05) is 0 Å². The van der Waals surface area contributed by atoms with E-state index in [9.17, 15) is 9.59 Å². The highest BCUT2D eigenvalue weighted by molar-refractivity contribution is 5.87. The lowest BCUT2D eigenvalue weighted by Crippen LogP contribution is -2.33. The molecule has 0 spiro atoms. The minimum absolute atomic E-state index is 0.0107. The minimum Gasteiger partial charge on any atom is -0.481 e. The molecule has 0 aromatic heterocycles. The first-order valence-corrected chi connectivity index (χ1v) is 4.35. The van der Waals surface area contributed by atoms with Crippen molar-refractivity contribution in [1.29, 1.82) is 0 Å². The molecule has 0 aromatic carbocycles. The molecule has 1 saturated carbocycles. The molecule has 0 aliphatic heterocycles. The number of carboxylic acid groups (broad SMARTS) is 1. The number of carboxylic acids is 1. The summed E-state index contributed by atoms with van der Waals surface area (Å²) < 4.78 is 0. The van der Waals surface area contributed by atoms with Crippen LogP contribution in [-0.2, 0) is 9.59 Å². The van der Waals surface area contributed by atoms with E-state index >= 15 is 0 Å². The fourth-order valence-electron chi connectivity index (χ4n) is 1.79. The van der Waals surface area contributed by atoms with Crippen LogP contribution in [0.2, 0.25) is 0 Å². The lowest BCUT2D eigenvalue weighted by atomic mass is 9.77. The van der Waals surface area contributed by atoms with E-state index in [0.717, 1.165) is 0 Å². The third-order valence-corrected chi connectivity index (χ3v) is 2.49. The third kappa shape index (κ3) is 2.09. The Balaban J connectivity index is 2.75. The molecule has 0 unspecified atom stereocenters. The lowest BCUT2D eigenvalue weighted by Gasteiger charge is -2.25. The number of ketones is 1. The summed E-state index contributed by atoms with van der Waals surface area (Å²) in [6, 6.07) is 0. The van der Waals surface area contributed by atoms with Gasteiger partial charge in [0.25, 0.3) is 0 Å². The standard InChI is InChI=1S/C10H12O3/c1-2-4-7-8(10(12)13)5-3-6-9(7)11/h1,7-8H,3-6H2,(H,12,13)/t7-,8+/m0/s1. The molecule has 2 atom stereocenters. The van der Waals surface area contributed by atoms with Gasteiger partial charge >= 0.3 is 5.97 Å². The highest BCUT2D eigenvalue weighted by Crippen LogP contribution is 2.29. The molecular formula is C10H12O3. The van der Waals surface area contributed by atoms with Crippen LogP contribution in [0.5, 0.6) is 0 Å². The van der Waals surface area contributed by atoms with Crippen LogP contribution in [0.1, 0.15) is 25.7 Å². The molecule has 0 bridgehead atoms. The SMILES string of the molecule is C#CC[C@@H]1C(=O)CCC[C@H]1C(=O)O. The quantitative estimate of drug-likeness (QED) is 0.647. The first-order valence-electron chi connectivity index (χ1n) is 4.35. The summed E-state index contributed by atoms with van der Waals surface area (Å²) in [6.45, 7) is 0. The van der Waals surface area contributed by atoms with Crippen molar-refractivity contribution < 1.29 is 14.7 Å². The fourth-order valence-corrected chi connectivity index (χ4v) is 1.79. The van der Waals surface area contributed by atoms with E-state index in [1.54, 1.807) is 0 Å². The van der Waals surface area contributed by atoms with Crippen molar-refractivity contribution in [1.82, 2.24) is 0 Å². The zero-order valence-electron chi connectivity index (χ0n) is 7.32. The molecule has 0 aromatic rings. The van der Waals surface area contributed by atoms with E-state index in [4.69, 9.17) is 11.5 Å². The highest BCUT2D eigenvalue weighted by atomic mass is 16.4. The van der Waals surface area contributed by atoms with Crippen LogP contribution in [0.25, 0.3) is 0 Å². The Morgan fingerprint density at radius 2 is 2.38 bits per heavy atom. The van der Waals surface area contributed by atoms with Gasteiger partial charge in [-0.05, 0) is 12.8 Å². The van der Waals surface area contributed by atoms with E-state index < -0.39 is 17.8 Å². The normalized spacial score (nSPS) is 28.1. The maximum Gasteiger partial charge on any atom is 0.307 e. The number of terminal acetylenes is 1. The maximum atomic E-state index is 11.3. The number of rotatable bonds is 2. The topological polar surface area (TPSA) is 54.4 Å². The minimum atomic E-state index is -0.895. The van der Waals surface area contributed by atoms with Gasteiger partial charge in [-0.15, -0.1) is 12.3 Å². The summed E-state index contributed by atoms with van der Waals surface area (Å²) >= 11 is 0. The largest absolute Gasteiger partial charge is 0.481 e. The van der Waals surface area contributed by atoms with Crippen LogP contribution in [0.3, 0.4) is 0 Å². The van der Waals surface area contributed by atoms with Gasteiger partial charge in [-0.3, -0.25) is 9.59 Å². The summed E-state index contributed by atoms with van der Waals surface area (Å²) in [7, 11) is 0. The number of Topliss-reactive ketones (excluding diaryl/α,β-unsaturated/α-hetero) is 1. The van der Waals surface area contributed by atoms with Crippen LogP contribution < -0.4 is 0 Å². The number of hydrogen-bond donors (Lipinski definition) is 1. The molecule has 13 heavy (non-hydrogen) atoms. The first kappa shape index (κ1) is 9.79. The van der Waals surface area contributed by atoms with Gasteiger partial charge in [0.1, 0.15) is 5.78 Å². The number of hydrogen-bond acceptors (Lipinski definition) is 2. The van der Waals surface area contributed by atoms with Crippen LogP contribution >= 0.6 is 0 Å². The van der Waals surface area contributed by atoms with Crippen molar-refractivity contribution in [2.45, 2.75) is 25.7 Å². The average molecular weight is 180 g/mol. The highest BCUT2D eigenvalue weighted by Gasteiger charge is 2.35. The molecule has 1 fully saturated rings. The van der Waals surface area contributed by atoms with Crippen LogP contribution in [0.15, 0.2) is 0 Å². The van der Waals surface area contributed by atoms with Gasteiger partial charge in [0, 0.05) is 18.8 Å². The third-order valence-electron chi connectivity index (χ3n) is 2.49. The molecule has 1 N–H and O–H groups in total. The molecule has 0 radical (unpaired) electrons. The van der Waals surface area contributed by atoms with Crippen molar-refractivity contribution in [3.05, 3.63) is 0 Å². The Bertz CT molecular complexity index is 262. The van der Waals surface area contributed by atoms with Crippen molar-refractivity contribution in [2.24, 2.45) is 11.8 Å². The van der Waals surface area contributed by atoms with E-state index in [1.807, 2.05) is 0 Å². The van der Waals surface area contributed by atoms with Gasteiger partial charge in [0.15, 0.2) is 0 Å². The smallest absolute Gasteiger partial charge is 0.307 e. The van der Waals surface area contributed by atoms with Crippen LogP contribution in [0, 0.1) is 24.2 Å². The summed E-state index contributed by atoms with van der Waals surface area (Å²) in [6.07, 6.45) is 7.09. The van der Waals surface area contributed by atoms with E-state index in [2.05, 4.69) is 5.92 Å². The zero-order chi connectivity index (χ0) is 9.84. The summed E-state index contributed by atoms with van der Waals surface area (Å²) in [5, 5.41) is 8.83. The monoisotopic (exact) mass is 180 g/mol. The fraction of sp³-hybridized carbons (Fsp3) is 0.600. The Labute approximate surface area is 77.1 Å². The second-order valence-corrected chi connectivity index (χ2v) is 3.32. The van der Waals surface area contributed by atoms with Crippen molar-refractivity contribution in [3.8, 4) is 12.3 Å². The molecule has 70 valence electrons. The molecule has 1 rings (SSSR count). The Morgan fingerprint density at radius 3 is 2.92 bits per heavy atom. The number of aliphatic carboxylic acids is 1. The second-order valence-electron chi connectivity index (χ2n) is 3.32. The van der Waals surface area contributed by atoms with Gasteiger partial charge in [0.2, 0.25) is 0 Å². The Kier molecular flexibility index (Phi) is 3.07. The van der Waals surface area contributed by atoms with Gasteiger partial charge < -0.3 is 5.11 Å². The zero-order valence-corrected chi connectivity index (χ0v) is 7.32. The van der Waals surface area contributed by atoms with Crippen molar-refractivity contribution in [3.63, 3.8) is 0 Å². The van der Waals surface area contributed by atoms with Crippen LogP contribution in [0.4, 0.5) is 0 Å². The Morgan fingerprint density at radius 1 is 1.69 bits per heavy atom. The molecule has 0 saturated heterocycles.